The summed E-state index contributed by atoms with van der Waals surface area (Å²) < 4.78 is 4.49. The zero-order valence-electron chi connectivity index (χ0n) is 12.5. The number of hydrogen-bond acceptors (Lipinski definition) is 3. The lowest BCUT2D eigenvalue weighted by atomic mass is 10.0. The van der Waals surface area contributed by atoms with Crippen LogP contribution in [-0.4, -0.2) is 32.2 Å². The summed E-state index contributed by atoms with van der Waals surface area (Å²) in [7, 11) is 1.31. The molecule has 110 valence electrons. The number of rotatable bonds is 5. The van der Waals surface area contributed by atoms with E-state index >= 15 is 0 Å². The molecule has 0 unspecified atom stereocenters. The van der Waals surface area contributed by atoms with E-state index in [0.29, 0.717) is 19.0 Å². The number of alkyl carbamates (subject to hydrolysis) is 1. The average Bonchev–Trinajstić information content (AvgIpc) is 2.43. The van der Waals surface area contributed by atoms with E-state index in [2.05, 4.69) is 23.9 Å². The maximum Gasteiger partial charge on any atom is 0.406 e. The second-order valence-electron chi connectivity index (χ2n) is 4.84. The molecule has 0 saturated carbocycles. The number of benzene rings is 1. The van der Waals surface area contributed by atoms with Gasteiger partial charge < -0.3 is 15.0 Å². The molecule has 20 heavy (non-hydrogen) atoms. The largest absolute Gasteiger partial charge is 0.453 e. The second kappa shape index (κ2) is 7.53. The summed E-state index contributed by atoms with van der Waals surface area (Å²) in [6, 6.07) is 7.89. The maximum atomic E-state index is 11.7. The quantitative estimate of drug-likeness (QED) is 0.900. The van der Waals surface area contributed by atoms with Crippen LogP contribution < -0.4 is 10.2 Å². The first-order chi connectivity index (χ1) is 9.45. The van der Waals surface area contributed by atoms with Crippen molar-refractivity contribution in [2.24, 2.45) is 0 Å². The first-order valence-electron chi connectivity index (χ1n) is 6.65. The molecule has 0 aliphatic carbocycles. The summed E-state index contributed by atoms with van der Waals surface area (Å²) in [6.45, 7) is 6.51. The summed E-state index contributed by atoms with van der Waals surface area (Å²) >= 11 is 0. The summed E-state index contributed by atoms with van der Waals surface area (Å²) in [6.07, 6.45) is -0.497. The normalized spacial score (nSPS) is 10.2. The molecule has 1 N–H and O–H groups in total. The molecule has 0 saturated heterocycles. The van der Waals surface area contributed by atoms with Gasteiger partial charge >= 0.3 is 6.09 Å². The number of amides is 2. The summed E-state index contributed by atoms with van der Waals surface area (Å²) in [4.78, 5) is 24.3. The predicted molar refractivity (Wildman–Crippen MR) is 79.0 cm³/mol. The Hall–Kier alpha value is -2.04. The van der Waals surface area contributed by atoms with Crippen molar-refractivity contribution in [3.8, 4) is 0 Å². The number of methoxy groups -OCH3 is 1. The van der Waals surface area contributed by atoms with E-state index in [1.165, 1.54) is 19.6 Å². The highest BCUT2D eigenvalue weighted by atomic mass is 16.5. The lowest BCUT2D eigenvalue weighted by molar-refractivity contribution is -0.116. The fourth-order valence-electron chi connectivity index (χ4n) is 1.85. The minimum Gasteiger partial charge on any atom is -0.453 e. The first-order valence-corrected chi connectivity index (χ1v) is 6.65. The molecule has 0 spiro atoms. The fourth-order valence-corrected chi connectivity index (χ4v) is 1.85. The molecule has 0 aromatic heterocycles. The van der Waals surface area contributed by atoms with Crippen LogP contribution in [0, 0.1) is 0 Å². The van der Waals surface area contributed by atoms with Crippen molar-refractivity contribution in [3.05, 3.63) is 29.8 Å². The topological polar surface area (TPSA) is 58.6 Å². The Balaban J connectivity index is 2.70. The van der Waals surface area contributed by atoms with Crippen molar-refractivity contribution in [2.45, 2.75) is 26.7 Å². The molecular formula is C15H22N2O3. The minimum absolute atomic E-state index is 0.0611. The highest BCUT2D eigenvalue weighted by Crippen LogP contribution is 2.20. The smallest absolute Gasteiger partial charge is 0.406 e. The minimum atomic E-state index is -0.497. The van der Waals surface area contributed by atoms with Gasteiger partial charge in [0.05, 0.1) is 7.11 Å². The summed E-state index contributed by atoms with van der Waals surface area (Å²) in [5.74, 6) is 0.393. The highest BCUT2D eigenvalue weighted by molar-refractivity contribution is 5.91. The Labute approximate surface area is 119 Å². The van der Waals surface area contributed by atoms with Crippen LogP contribution in [0.5, 0.6) is 0 Å². The highest BCUT2D eigenvalue weighted by Gasteiger charge is 2.12. The van der Waals surface area contributed by atoms with Crippen LogP contribution in [0.15, 0.2) is 24.3 Å². The Morgan fingerprint density at radius 1 is 1.25 bits per heavy atom. The Morgan fingerprint density at radius 2 is 1.85 bits per heavy atom. The van der Waals surface area contributed by atoms with Gasteiger partial charge in [-0.3, -0.25) is 4.79 Å². The fraction of sp³-hybridized carbons (Fsp3) is 0.467. The van der Waals surface area contributed by atoms with Crippen LogP contribution in [0.1, 0.15) is 32.3 Å². The van der Waals surface area contributed by atoms with Gasteiger partial charge in [-0.1, -0.05) is 26.0 Å². The number of carbonyl (C=O) groups excluding carboxylic acids is 2. The lowest BCUT2D eigenvalue weighted by Gasteiger charge is -2.21. The number of nitrogens with zero attached hydrogens (tertiary/aromatic N) is 1. The molecule has 5 nitrogen and oxygen atoms in total. The average molecular weight is 278 g/mol. The predicted octanol–water partition coefficient (Wildman–Crippen LogP) is 2.52. The third-order valence-corrected chi connectivity index (χ3v) is 3.04. The van der Waals surface area contributed by atoms with Gasteiger partial charge in [-0.05, 0) is 23.6 Å². The van der Waals surface area contributed by atoms with Gasteiger partial charge in [0.1, 0.15) is 0 Å². The van der Waals surface area contributed by atoms with Gasteiger partial charge in [0.2, 0.25) is 5.91 Å². The summed E-state index contributed by atoms with van der Waals surface area (Å²) in [5, 5.41) is 2.56. The third-order valence-electron chi connectivity index (χ3n) is 3.04. The maximum absolute atomic E-state index is 11.7. The Kier molecular flexibility index (Phi) is 6.03. The molecule has 0 heterocycles. The van der Waals surface area contributed by atoms with Crippen molar-refractivity contribution in [1.29, 1.82) is 0 Å². The van der Waals surface area contributed by atoms with E-state index in [1.54, 1.807) is 4.90 Å². The number of nitrogens with one attached hydrogen (secondary N) is 1. The monoisotopic (exact) mass is 278 g/mol. The van der Waals surface area contributed by atoms with Crippen molar-refractivity contribution >= 4 is 17.7 Å². The number of carbonyl (C=O) groups is 2. The Bertz CT molecular complexity index is 455. The molecule has 0 aliphatic rings. The SMILES string of the molecule is COC(=O)NCCN(C(C)=O)c1ccc(C(C)C)cc1. The van der Waals surface area contributed by atoms with Crippen LogP contribution >= 0.6 is 0 Å². The zero-order valence-corrected chi connectivity index (χ0v) is 12.5. The molecule has 0 atom stereocenters. The molecule has 1 aromatic rings. The van der Waals surface area contributed by atoms with E-state index < -0.39 is 6.09 Å². The van der Waals surface area contributed by atoms with Crippen LogP contribution in [0.25, 0.3) is 0 Å². The van der Waals surface area contributed by atoms with Crippen molar-refractivity contribution in [1.82, 2.24) is 5.32 Å². The number of ether oxygens (including phenoxy) is 1. The molecule has 2 amide bonds. The third kappa shape index (κ3) is 4.57. The van der Waals surface area contributed by atoms with Crippen LogP contribution in [0.3, 0.4) is 0 Å². The lowest BCUT2D eigenvalue weighted by Crippen LogP contribution is -2.37. The Morgan fingerprint density at radius 3 is 2.30 bits per heavy atom. The van der Waals surface area contributed by atoms with Gasteiger partial charge in [-0.25, -0.2) is 4.79 Å². The molecule has 0 radical (unpaired) electrons. The zero-order chi connectivity index (χ0) is 15.1. The van der Waals surface area contributed by atoms with Crippen LogP contribution in [0.4, 0.5) is 10.5 Å². The van der Waals surface area contributed by atoms with Crippen molar-refractivity contribution in [2.75, 3.05) is 25.1 Å². The molecule has 1 aromatic carbocycles. The molecule has 0 fully saturated rings. The summed E-state index contributed by atoms with van der Waals surface area (Å²) in [5.41, 5.74) is 2.05. The molecule has 1 rings (SSSR count). The van der Waals surface area contributed by atoms with Crippen LogP contribution in [0.2, 0.25) is 0 Å². The van der Waals surface area contributed by atoms with E-state index in [4.69, 9.17) is 0 Å². The molecule has 5 heteroatoms. The van der Waals surface area contributed by atoms with Gasteiger partial charge in [-0.2, -0.15) is 0 Å². The van der Waals surface area contributed by atoms with E-state index in [1.807, 2.05) is 24.3 Å². The molecular weight excluding hydrogens is 256 g/mol. The number of anilines is 1. The van der Waals surface area contributed by atoms with Gasteiger partial charge in [0.15, 0.2) is 0 Å². The second-order valence-corrected chi connectivity index (χ2v) is 4.84. The van der Waals surface area contributed by atoms with E-state index in [0.717, 1.165) is 5.69 Å². The molecule has 0 bridgehead atoms. The first kappa shape index (κ1) is 16.0. The van der Waals surface area contributed by atoms with Crippen molar-refractivity contribution < 1.29 is 14.3 Å². The van der Waals surface area contributed by atoms with Crippen LogP contribution in [-0.2, 0) is 9.53 Å². The molecule has 0 aliphatic heterocycles. The number of hydrogen-bond donors (Lipinski definition) is 1. The standard InChI is InChI=1S/C15H22N2O3/c1-11(2)13-5-7-14(8-6-13)17(12(3)18)10-9-16-15(19)20-4/h5-8,11H,9-10H2,1-4H3,(H,16,19). The van der Waals surface area contributed by atoms with Gasteiger partial charge in [-0.15, -0.1) is 0 Å². The van der Waals surface area contributed by atoms with E-state index in [9.17, 15) is 9.59 Å². The van der Waals surface area contributed by atoms with Gasteiger partial charge in [0, 0.05) is 25.7 Å². The van der Waals surface area contributed by atoms with Gasteiger partial charge in [0.25, 0.3) is 0 Å². The van der Waals surface area contributed by atoms with Crippen molar-refractivity contribution in [3.63, 3.8) is 0 Å². The van der Waals surface area contributed by atoms with E-state index in [-0.39, 0.29) is 5.91 Å².